The normalized spacial score (nSPS) is 12.2. The molecular formula is C13H13BrN2O2. The van der Waals surface area contributed by atoms with Crippen LogP contribution in [-0.4, -0.2) is 22.6 Å². The van der Waals surface area contributed by atoms with Crippen LogP contribution >= 0.6 is 15.9 Å². The number of nitrogens with zero attached hydrogens (tertiary/aromatic N) is 2. The van der Waals surface area contributed by atoms with Crippen LogP contribution in [0.4, 0.5) is 0 Å². The summed E-state index contributed by atoms with van der Waals surface area (Å²) in [5.41, 5.74) is 1.55. The van der Waals surface area contributed by atoms with Gasteiger partial charge >= 0.3 is 5.97 Å². The summed E-state index contributed by atoms with van der Waals surface area (Å²) in [6, 6.07) is 7.99. The molecule has 0 radical (unpaired) electrons. The zero-order valence-corrected chi connectivity index (χ0v) is 11.7. The molecule has 0 unspecified atom stereocenters. The minimum atomic E-state index is -0.378. The van der Waals surface area contributed by atoms with Gasteiger partial charge in [-0.15, -0.1) is 0 Å². The van der Waals surface area contributed by atoms with E-state index in [2.05, 4.69) is 20.9 Å². The molecule has 2 rings (SSSR count). The van der Waals surface area contributed by atoms with Crippen LogP contribution < -0.4 is 0 Å². The molecule has 0 fully saturated rings. The molecule has 5 heteroatoms. The van der Waals surface area contributed by atoms with E-state index in [1.165, 1.54) is 13.3 Å². The Balaban J connectivity index is 2.34. The van der Waals surface area contributed by atoms with E-state index in [0.29, 0.717) is 5.69 Å². The summed E-state index contributed by atoms with van der Waals surface area (Å²) in [4.78, 5) is 15.6. The Morgan fingerprint density at radius 3 is 2.67 bits per heavy atom. The quantitative estimate of drug-likeness (QED) is 0.819. The largest absolute Gasteiger partial charge is 0.464 e. The Morgan fingerprint density at radius 2 is 2.06 bits per heavy atom. The highest BCUT2D eigenvalue weighted by molar-refractivity contribution is 9.10. The summed E-state index contributed by atoms with van der Waals surface area (Å²) < 4.78 is 7.56. The van der Waals surface area contributed by atoms with E-state index in [9.17, 15) is 4.79 Å². The van der Waals surface area contributed by atoms with E-state index in [1.54, 1.807) is 10.9 Å². The first kappa shape index (κ1) is 12.8. The van der Waals surface area contributed by atoms with Crippen LogP contribution in [0, 0.1) is 0 Å². The lowest BCUT2D eigenvalue weighted by Crippen LogP contribution is -2.14. The van der Waals surface area contributed by atoms with E-state index in [-0.39, 0.29) is 12.0 Å². The van der Waals surface area contributed by atoms with E-state index < -0.39 is 0 Å². The second-order valence-electron chi connectivity index (χ2n) is 3.91. The highest BCUT2D eigenvalue weighted by Crippen LogP contribution is 2.21. The van der Waals surface area contributed by atoms with Crippen molar-refractivity contribution < 1.29 is 9.53 Å². The number of hydrogen-bond acceptors (Lipinski definition) is 3. The second-order valence-corrected chi connectivity index (χ2v) is 4.82. The van der Waals surface area contributed by atoms with Gasteiger partial charge in [-0.2, -0.15) is 0 Å². The smallest absolute Gasteiger partial charge is 0.356 e. The number of hydrogen-bond donors (Lipinski definition) is 0. The summed E-state index contributed by atoms with van der Waals surface area (Å²) in [6.07, 6.45) is 3.15. The number of carbonyl (C=O) groups excluding carboxylic acids is 1. The van der Waals surface area contributed by atoms with Crippen molar-refractivity contribution >= 4 is 21.9 Å². The van der Waals surface area contributed by atoms with Crippen molar-refractivity contribution in [3.05, 3.63) is 52.5 Å². The van der Waals surface area contributed by atoms with E-state index >= 15 is 0 Å². The SMILES string of the molecule is C[C@H](c1ccc(Br)cc1)n1cncc1C(=O)O[11CH3]. The number of carbonyl (C=O) groups is 1. The molecule has 1 aromatic heterocycles. The van der Waals surface area contributed by atoms with Crippen molar-refractivity contribution in [3.8, 4) is 0 Å². The summed E-state index contributed by atoms with van der Waals surface area (Å²) in [5, 5.41) is 0. The standard InChI is InChI=1S/C13H13BrN2O2/c1-9(10-3-5-11(14)6-4-10)16-8-15-7-12(16)13(17)18-2/h3-9H,1-2H3/t9-/m1/s1/i2-1. The highest BCUT2D eigenvalue weighted by Gasteiger charge is 2.17. The predicted octanol–water partition coefficient (Wildman–Crippen LogP) is 3.04. The van der Waals surface area contributed by atoms with Crippen molar-refractivity contribution in [3.63, 3.8) is 0 Å². The lowest BCUT2D eigenvalue weighted by molar-refractivity contribution is 0.0587. The Kier molecular flexibility index (Phi) is 3.81. The van der Waals surface area contributed by atoms with E-state index in [0.717, 1.165) is 10.0 Å². The Hall–Kier alpha value is -1.62. The number of aromatic nitrogens is 2. The summed E-state index contributed by atoms with van der Waals surface area (Å²) in [6.45, 7) is 2.01. The predicted molar refractivity (Wildman–Crippen MR) is 71.5 cm³/mol. The maximum atomic E-state index is 11.6. The molecule has 1 heterocycles. The molecule has 94 valence electrons. The molecule has 0 aliphatic heterocycles. The van der Waals surface area contributed by atoms with Crippen LogP contribution in [0.25, 0.3) is 0 Å². The molecule has 0 N–H and O–H groups in total. The molecule has 0 saturated heterocycles. The summed E-state index contributed by atoms with van der Waals surface area (Å²) in [7, 11) is 1.37. The van der Waals surface area contributed by atoms with Crippen molar-refractivity contribution in [2.24, 2.45) is 0 Å². The number of methoxy groups -OCH3 is 1. The van der Waals surface area contributed by atoms with Gasteiger partial charge in [0.05, 0.1) is 25.7 Å². The zero-order valence-electron chi connectivity index (χ0n) is 10.1. The molecule has 1 atom stereocenters. The Labute approximate surface area is 114 Å². The number of halogens is 1. The first-order chi connectivity index (χ1) is 8.63. The molecule has 1 aromatic carbocycles. The highest BCUT2D eigenvalue weighted by atomic mass is 79.9. The summed E-state index contributed by atoms with van der Waals surface area (Å²) >= 11 is 3.40. The molecule has 4 nitrogen and oxygen atoms in total. The fourth-order valence-corrected chi connectivity index (χ4v) is 2.04. The van der Waals surface area contributed by atoms with Gasteiger partial charge in [0.15, 0.2) is 0 Å². The fraction of sp³-hybridized carbons (Fsp3) is 0.231. The van der Waals surface area contributed by atoms with Gasteiger partial charge in [0.1, 0.15) is 5.69 Å². The third-order valence-corrected chi connectivity index (χ3v) is 3.36. The van der Waals surface area contributed by atoms with E-state index in [1.807, 2.05) is 31.2 Å². The van der Waals surface area contributed by atoms with Crippen LogP contribution in [0.1, 0.15) is 29.0 Å². The number of benzene rings is 1. The van der Waals surface area contributed by atoms with Crippen molar-refractivity contribution in [2.75, 3.05) is 7.11 Å². The van der Waals surface area contributed by atoms with Gasteiger partial charge < -0.3 is 9.30 Å². The Morgan fingerprint density at radius 1 is 1.39 bits per heavy atom. The lowest BCUT2D eigenvalue weighted by atomic mass is 10.1. The average Bonchev–Trinajstić information content (AvgIpc) is 2.87. The van der Waals surface area contributed by atoms with Crippen LogP contribution in [0.15, 0.2) is 41.3 Å². The second kappa shape index (κ2) is 5.35. The third-order valence-electron chi connectivity index (χ3n) is 2.83. The number of rotatable bonds is 3. The minimum absolute atomic E-state index is 0.0229. The topological polar surface area (TPSA) is 44.1 Å². The maximum absolute atomic E-state index is 11.6. The number of ether oxygens (including phenoxy) is 1. The molecule has 0 amide bonds. The molecule has 18 heavy (non-hydrogen) atoms. The number of imidazole rings is 1. The Bertz CT molecular complexity index is 548. The first-order valence-corrected chi connectivity index (χ1v) is 6.28. The lowest BCUT2D eigenvalue weighted by Gasteiger charge is -2.16. The number of esters is 1. The van der Waals surface area contributed by atoms with Gasteiger partial charge in [-0.25, -0.2) is 9.78 Å². The minimum Gasteiger partial charge on any atom is -0.464 e. The van der Waals surface area contributed by atoms with Gasteiger partial charge in [-0.05, 0) is 24.6 Å². The average molecular weight is 308 g/mol. The van der Waals surface area contributed by atoms with Gasteiger partial charge in [0, 0.05) is 4.47 Å². The van der Waals surface area contributed by atoms with Gasteiger partial charge in [0.2, 0.25) is 0 Å². The molecule has 2 aromatic rings. The summed E-state index contributed by atoms with van der Waals surface area (Å²) in [5.74, 6) is -0.378. The molecule has 0 aliphatic rings. The third kappa shape index (κ3) is 2.46. The van der Waals surface area contributed by atoms with Gasteiger partial charge in [-0.1, -0.05) is 28.1 Å². The molecule has 0 bridgehead atoms. The molecule has 0 spiro atoms. The molecular weight excluding hydrogens is 295 g/mol. The van der Waals surface area contributed by atoms with Crippen molar-refractivity contribution in [2.45, 2.75) is 13.0 Å². The van der Waals surface area contributed by atoms with Crippen LogP contribution in [0.2, 0.25) is 0 Å². The zero-order chi connectivity index (χ0) is 13.1. The fourth-order valence-electron chi connectivity index (χ4n) is 1.78. The van der Waals surface area contributed by atoms with E-state index in [4.69, 9.17) is 4.74 Å². The van der Waals surface area contributed by atoms with Crippen molar-refractivity contribution in [1.29, 1.82) is 0 Å². The maximum Gasteiger partial charge on any atom is 0.356 e. The van der Waals surface area contributed by atoms with Crippen LogP contribution in [0.5, 0.6) is 0 Å². The monoisotopic (exact) mass is 307 g/mol. The first-order valence-electron chi connectivity index (χ1n) is 5.49. The van der Waals surface area contributed by atoms with Crippen LogP contribution in [-0.2, 0) is 4.74 Å². The van der Waals surface area contributed by atoms with Crippen LogP contribution in [0.3, 0.4) is 0 Å². The molecule has 0 saturated carbocycles. The molecule has 0 aliphatic carbocycles. The van der Waals surface area contributed by atoms with Crippen molar-refractivity contribution in [1.82, 2.24) is 9.55 Å². The van der Waals surface area contributed by atoms with Gasteiger partial charge in [0.25, 0.3) is 0 Å². The van der Waals surface area contributed by atoms with Gasteiger partial charge in [-0.3, -0.25) is 0 Å².